The highest BCUT2D eigenvalue weighted by Gasteiger charge is 2.21. The molecule has 0 N–H and O–H groups in total. The highest BCUT2D eigenvalue weighted by molar-refractivity contribution is 6.28. The van der Waals surface area contributed by atoms with Gasteiger partial charge in [0.2, 0.25) is 5.28 Å². The number of anilines is 1. The molecule has 0 aliphatic carbocycles. The number of rotatable bonds is 2. The minimum absolute atomic E-state index is 0.340. The van der Waals surface area contributed by atoms with Gasteiger partial charge in [-0.2, -0.15) is 4.98 Å². The van der Waals surface area contributed by atoms with Gasteiger partial charge in [-0.05, 0) is 42.5 Å². The molecule has 0 spiro atoms. The predicted molar refractivity (Wildman–Crippen MR) is 79.8 cm³/mol. The molecule has 0 saturated carbocycles. The Morgan fingerprint density at radius 3 is 3.00 bits per heavy atom. The maximum atomic E-state index is 6.06. The Hall–Kier alpha value is -1.35. The van der Waals surface area contributed by atoms with Crippen LogP contribution in [0.4, 0.5) is 5.82 Å². The van der Waals surface area contributed by atoms with Crippen LogP contribution in [0.1, 0.15) is 26.2 Å². The molecule has 1 atom stereocenters. The molecule has 1 fully saturated rings. The lowest BCUT2D eigenvalue weighted by atomic mass is 9.95. The van der Waals surface area contributed by atoms with Crippen molar-refractivity contribution in [2.75, 3.05) is 18.0 Å². The molecule has 0 radical (unpaired) electrons. The lowest BCUT2D eigenvalue weighted by Gasteiger charge is -2.33. The van der Waals surface area contributed by atoms with Crippen molar-refractivity contribution in [1.29, 1.82) is 0 Å². The van der Waals surface area contributed by atoms with Gasteiger partial charge < -0.3 is 4.90 Å². The van der Waals surface area contributed by atoms with Crippen molar-refractivity contribution >= 4 is 28.3 Å². The van der Waals surface area contributed by atoms with Crippen LogP contribution >= 0.6 is 11.6 Å². The van der Waals surface area contributed by atoms with E-state index >= 15 is 0 Å². The summed E-state index contributed by atoms with van der Waals surface area (Å²) in [7, 11) is 0. The van der Waals surface area contributed by atoms with E-state index in [0.717, 1.165) is 35.7 Å². The minimum Gasteiger partial charge on any atom is -0.356 e. The maximum absolute atomic E-state index is 6.06. The summed E-state index contributed by atoms with van der Waals surface area (Å²) in [6, 6.07) is 8.09. The summed E-state index contributed by atoms with van der Waals surface area (Å²) in [5.74, 6) is 1.76. The van der Waals surface area contributed by atoms with Crippen LogP contribution in [-0.2, 0) is 0 Å². The van der Waals surface area contributed by atoms with E-state index in [1.54, 1.807) is 0 Å². The second-order valence-electron chi connectivity index (χ2n) is 5.20. The van der Waals surface area contributed by atoms with E-state index in [9.17, 15) is 0 Å². The van der Waals surface area contributed by atoms with Crippen LogP contribution in [-0.4, -0.2) is 23.1 Å². The van der Waals surface area contributed by atoms with Gasteiger partial charge in [0, 0.05) is 18.5 Å². The van der Waals surface area contributed by atoms with Crippen LogP contribution in [0.15, 0.2) is 24.3 Å². The Bertz CT molecular complexity index is 585. The van der Waals surface area contributed by atoms with Crippen molar-refractivity contribution in [1.82, 2.24) is 9.97 Å². The summed E-state index contributed by atoms with van der Waals surface area (Å²) >= 11 is 6.06. The van der Waals surface area contributed by atoms with Crippen molar-refractivity contribution < 1.29 is 0 Å². The van der Waals surface area contributed by atoms with Crippen LogP contribution in [0.5, 0.6) is 0 Å². The van der Waals surface area contributed by atoms with E-state index in [4.69, 9.17) is 11.6 Å². The molecule has 0 amide bonds. The third kappa shape index (κ3) is 2.52. The molecule has 2 aromatic rings. The molecule has 1 aliphatic heterocycles. The highest BCUT2D eigenvalue weighted by atomic mass is 35.5. The monoisotopic (exact) mass is 275 g/mol. The fourth-order valence-corrected chi connectivity index (χ4v) is 3.04. The molecule has 1 aromatic carbocycles. The normalized spacial score (nSPS) is 19.9. The van der Waals surface area contributed by atoms with Gasteiger partial charge in [-0.3, -0.25) is 0 Å². The van der Waals surface area contributed by atoms with Crippen molar-refractivity contribution in [3.05, 3.63) is 29.5 Å². The summed E-state index contributed by atoms with van der Waals surface area (Å²) in [4.78, 5) is 11.1. The first kappa shape index (κ1) is 12.7. The van der Waals surface area contributed by atoms with Crippen LogP contribution in [0.25, 0.3) is 10.9 Å². The van der Waals surface area contributed by atoms with Crippen LogP contribution in [0, 0.1) is 5.92 Å². The molecule has 2 heterocycles. The number of hydrogen-bond donors (Lipinski definition) is 0. The molecule has 100 valence electrons. The zero-order valence-electron chi connectivity index (χ0n) is 11.1. The van der Waals surface area contributed by atoms with E-state index in [1.807, 2.05) is 18.2 Å². The van der Waals surface area contributed by atoms with E-state index in [1.165, 1.54) is 19.3 Å². The minimum atomic E-state index is 0.340. The lowest BCUT2D eigenvalue weighted by Crippen LogP contribution is -2.35. The number of benzene rings is 1. The molecular formula is C15H18ClN3. The number of fused-ring (bicyclic) bond motifs is 1. The largest absolute Gasteiger partial charge is 0.356 e. The Morgan fingerprint density at radius 1 is 1.32 bits per heavy atom. The second-order valence-corrected chi connectivity index (χ2v) is 5.53. The molecule has 19 heavy (non-hydrogen) atoms. The standard InChI is InChI=1S/C15H18ClN3/c1-2-11-6-5-9-19(10-11)14-12-7-3-4-8-13(12)17-15(16)18-14/h3-4,7-8,11H,2,5-6,9-10H2,1H3. The summed E-state index contributed by atoms with van der Waals surface area (Å²) in [5, 5.41) is 1.44. The molecule has 1 saturated heterocycles. The predicted octanol–water partition coefficient (Wildman–Crippen LogP) is 3.91. The van der Waals surface area contributed by atoms with E-state index < -0.39 is 0 Å². The molecule has 3 nitrogen and oxygen atoms in total. The fourth-order valence-electron chi connectivity index (χ4n) is 2.86. The number of hydrogen-bond acceptors (Lipinski definition) is 3. The van der Waals surface area contributed by atoms with Gasteiger partial charge in [0.25, 0.3) is 0 Å². The Balaban J connectivity index is 2.03. The summed E-state index contributed by atoms with van der Waals surface area (Å²) in [6.07, 6.45) is 3.78. The summed E-state index contributed by atoms with van der Waals surface area (Å²) in [5.41, 5.74) is 0.927. The van der Waals surface area contributed by atoms with Gasteiger partial charge in [-0.15, -0.1) is 0 Å². The van der Waals surface area contributed by atoms with Gasteiger partial charge >= 0.3 is 0 Å². The SMILES string of the molecule is CCC1CCCN(c2nc(Cl)nc3ccccc23)C1. The van der Waals surface area contributed by atoms with Gasteiger partial charge in [0.05, 0.1) is 5.52 Å². The highest BCUT2D eigenvalue weighted by Crippen LogP contribution is 2.29. The third-order valence-electron chi connectivity index (χ3n) is 3.95. The Morgan fingerprint density at radius 2 is 2.16 bits per heavy atom. The van der Waals surface area contributed by atoms with Crippen LogP contribution in [0.2, 0.25) is 5.28 Å². The van der Waals surface area contributed by atoms with E-state index in [0.29, 0.717) is 5.28 Å². The first-order valence-electron chi connectivity index (χ1n) is 6.95. The summed E-state index contributed by atoms with van der Waals surface area (Å²) < 4.78 is 0. The van der Waals surface area contributed by atoms with Gasteiger partial charge in [0.1, 0.15) is 5.82 Å². The smallest absolute Gasteiger partial charge is 0.224 e. The maximum Gasteiger partial charge on any atom is 0.224 e. The molecule has 0 bridgehead atoms. The average Bonchev–Trinajstić information content (AvgIpc) is 2.46. The number of halogens is 1. The van der Waals surface area contributed by atoms with Crippen molar-refractivity contribution in [2.24, 2.45) is 5.92 Å². The van der Waals surface area contributed by atoms with E-state index in [2.05, 4.69) is 27.9 Å². The van der Waals surface area contributed by atoms with Crippen molar-refractivity contribution in [3.8, 4) is 0 Å². The van der Waals surface area contributed by atoms with E-state index in [-0.39, 0.29) is 0 Å². The first-order chi connectivity index (χ1) is 9.28. The van der Waals surface area contributed by atoms with Gasteiger partial charge in [-0.25, -0.2) is 4.98 Å². The molecule has 1 aliphatic rings. The van der Waals surface area contributed by atoms with Crippen LogP contribution < -0.4 is 4.90 Å². The zero-order valence-corrected chi connectivity index (χ0v) is 11.9. The van der Waals surface area contributed by atoms with Crippen LogP contribution in [0.3, 0.4) is 0 Å². The molecule has 3 rings (SSSR count). The topological polar surface area (TPSA) is 29.0 Å². The molecular weight excluding hydrogens is 258 g/mol. The van der Waals surface area contributed by atoms with Gasteiger partial charge in [0.15, 0.2) is 0 Å². The number of para-hydroxylation sites is 1. The molecule has 4 heteroatoms. The third-order valence-corrected chi connectivity index (χ3v) is 4.12. The van der Waals surface area contributed by atoms with Crippen molar-refractivity contribution in [2.45, 2.75) is 26.2 Å². The average molecular weight is 276 g/mol. The van der Waals surface area contributed by atoms with Gasteiger partial charge in [-0.1, -0.05) is 25.5 Å². The fraction of sp³-hybridized carbons (Fsp3) is 0.467. The zero-order chi connectivity index (χ0) is 13.2. The summed E-state index contributed by atoms with van der Waals surface area (Å²) in [6.45, 7) is 4.40. The van der Waals surface area contributed by atoms with Crippen molar-refractivity contribution in [3.63, 3.8) is 0 Å². The molecule has 1 aromatic heterocycles. The number of nitrogens with zero attached hydrogens (tertiary/aromatic N) is 3. The number of piperidine rings is 1. The number of aromatic nitrogens is 2. The lowest BCUT2D eigenvalue weighted by molar-refractivity contribution is 0.403. The first-order valence-corrected chi connectivity index (χ1v) is 7.33. The Kier molecular flexibility index (Phi) is 3.56. The Labute approximate surface area is 118 Å². The molecule has 1 unspecified atom stereocenters. The quantitative estimate of drug-likeness (QED) is 0.778. The second kappa shape index (κ2) is 5.33.